The molecule has 2 heteroatoms. The highest BCUT2D eigenvalue weighted by Gasteiger charge is 2.05. The molecule has 2 nitrogen and oxygen atoms in total. The number of ether oxygens (including phenoxy) is 1. The summed E-state index contributed by atoms with van der Waals surface area (Å²) in [6, 6.07) is 0. The van der Waals surface area contributed by atoms with Crippen LogP contribution in [0.3, 0.4) is 0 Å². The molecular weight excluding hydrogens is 138 g/mol. The van der Waals surface area contributed by atoms with E-state index in [0.717, 1.165) is 18.9 Å². The Balaban J connectivity index is 2.34. The van der Waals surface area contributed by atoms with Crippen LogP contribution in [0, 0.1) is 0 Å². The van der Waals surface area contributed by atoms with Crippen molar-refractivity contribution in [1.82, 2.24) is 0 Å². The molecule has 0 bridgehead atoms. The van der Waals surface area contributed by atoms with Crippen molar-refractivity contribution < 1.29 is 4.74 Å². The van der Waals surface area contributed by atoms with Crippen molar-refractivity contribution in [2.24, 2.45) is 4.99 Å². The second-order valence-electron chi connectivity index (χ2n) is 3.25. The van der Waals surface area contributed by atoms with E-state index in [1.807, 2.05) is 13.8 Å². The van der Waals surface area contributed by atoms with Gasteiger partial charge in [0.2, 0.25) is 0 Å². The van der Waals surface area contributed by atoms with Gasteiger partial charge in [0.1, 0.15) is 0 Å². The van der Waals surface area contributed by atoms with Gasteiger partial charge in [-0.1, -0.05) is 6.42 Å². The Bertz CT molecular complexity index is 140. The summed E-state index contributed by atoms with van der Waals surface area (Å²) in [4.78, 5) is 4.36. The summed E-state index contributed by atoms with van der Waals surface area (Å²) in [6.45, 7) is 5.06. The van der Waals surface area contributed by atoms with E-state index in [9.17, 15) is 0 Å². The second-order valence-corrected chi connectivity index (χ2v) is 3.25. The third-order valence-electron chi connectivity index (χ3n) is 1.71. The molecule has 0 aliphatic carbocycles. The van der Waals surface area contributed by atoms with E-state index in [-0.39, 0.29) is 6.10 Å². The van der Waals surface area contributed by atoms with Crippen molar-refractivity contribution in [1.29, 1.82) is 0 Å². The van der Waals surface area contributed by atoms with Crippen molar-refractivity contribution in [3.8, 4) is 0 Å². The number of rotatable bonds is 1. The third kappa shape index (κ3) is 3.40. The molecule has 0 saturated heterocycles. The summed E-state index contributed by atoms with van der Waals surface area (Å²) in [7, 11) is 0. The summed E-state index contributed by atoms with van der Waals surface area (Å²) in [5, 5.41) is 0. The molecule has 0 aromatic carbocycles. The van der Waals surface area contributed by atoms with Crippen molar-refractivity contribution in [3.05, 3.63) is 0 Å². The summed E-state index contributed by atoms with van der Waals surface area (Å²) in [6.07, 6.45) is 5.09. The standard InChI is InChI=1S/C9H17NO/c1-8(2)11-9-6-4-3-5-7-10-9/h8H,3-7H2,1-2H3. The summed E-state index contributed by atoms with van der Waals surface area (Å²) >= 11 is 0. The zero-order valence-electron chi connectivity index (χ0n) is 7.47. The molecule has 0 saturated carbocycles. The maximum atomic E-state index is 5.52. The molecule has 0 atom stereocenters. The first kappa shape index (κ1) is 8.57. The lowest BCUT2D eigenvalue weighted by Crippen LogP contribution is -2.11. The zero-order valence-corrected chi connectivity index (χ0v) is 7.47. The van der Waals surface area contributed by atoms with E-state index < -0.39 is 0 Å². The van der Waals surface area contributed by atoms with Crippen LogP contribution in [0.1, 0.15) is 39.5 Å². The molecule has 0 radical (unpaired) electrons. The maximum Gasteiger partial charge on any atom is 0.183 e. The molecule has 64 valence electrons. The van der Waals surface area contributed by atoms with Crippen LogP contribution in [0.5, 0.6) is 0 Å². The zero-order chi connectivity index (χ0) is 8.10. The lowest BCUT2D eigenvalue weighted by Gasteiger charge is -2.10. The van der Waals surface area contributed by atoms with E-state index in [2.05, 4.69) is 4.99 Å². The van der Waals surface area contributed by atoms with Gasteiger partial charge < -0.3 is 4.74 Å². The first-order chi connectivity index (χ1) is 5.29. The first-order valence-electron chi connectivity index (χ1n) is 4.49. The van der Waals surface area contributed by atoms with Gasteiger partial charge in [-0.05, 0) is 26.7 Å². The average molecular weight is 155 g/mol. The summed E-state index contributed by atoms with van der Waals surface area (Å²) in [5.41, 5.74) is 0. The van der Waals surface area contributed by atoms with Gasteiger partial charge in [0, 0.05) is 13.0 Å². The maximum absolute atomic E-state index is 5.52. The van der Waals surface area contributed by atoms with E-state index in [1.165, 1.54) is 19.3 Å². The molecule has 0 fully saturated rings. The largest absolute Gasteiger partial charge is 0.478 e. The van der Waals surface area contributed by atoms with Crippen LogP contribution >= 0.6 is 0 Å². The number of hydrogen-bond donors (Lipinski definition) is 0. The number of hydrogen-bond acceptors (Lipinski definition) is 2. The molecule has 0 aromatic heterocycles. The Kier molecular flexibility index (Phi) is 3.40. The number of aliphatic imine (C=N–C) groups is 1. The normalized spacial score (nSPS) is 19.4. The van der Waals surface area contributed by atoms with Gasteiger partial charge in [0.25, 0.3) is 0 Å². The lowest BCUT2D eigenvalue weighted by molar-refractivity contribution is 0.221. The quantitative estimate of drug-likeness (QED) is 0.569. The molecule has 0 aromatic rings. The van der Waals surface area contributed by atoms with Crippen molar-refractivity contribution >= 4 is 5.90 Å². The smallest absolute Gasteiger partial charge is 0.183 e. The summed E-state index contributed by atoms with van der Waals surface area (Å²) < 4.78 is 5.52. The Morgan fingerprint density at radius 3 is 2.82 bits per heavy atom. The van der Waals surface area contributed by atoms with Gasteiger partial charge in [-0.2, -0.15) is 0 Å². The Morgan fingerprint density at radius 1 is 1.27 bits per heavy atom. The first-order valence-corrected chi connectivity index (χ1v) is 4.49. The second kappa shape index (κ2) is 4.37. The van der Waals surface area contributed by atoms with E-state index in [1.54, 1.807) is 0 Å². The van der Waals surface area contributed by atoms with E-state index in [0.29, 0.717) is 0 Å². The average Bonchev–Trinajstić information content (AvgIpc) is 2.14. The number of nitrogens with zero attached hydrogens (tertiary/aromatic N) is 1. The third-order valence-corrected chi connectivity index (χ3v) is 1.71. The molecule has 1 aliphatic rings. The summed E-state index contributed by atoms with van der Waals surface area (Å²) in [5.74, 6) is 0.970. The van der Waals surface area contributed by atoms with E-state index >= 15 is 0 Å². The van der Waals surface area contributed by atoms with Crippen LogP contribution in [0.15, 0.2) is 4.99 Å². The van der Waals surface area contributed by atoms with E-state index in [4.69, 9.17) is 4.74 Å². The van der Waals surface area contributed by atoms with Gasteiger partial charge in [-0.3, -0.25) is 4.99 Å². The predicted octanol–water partition coefficient (Wildman–Crippen LogP) is 2.38. The molecule has 0 unspecified atom stereocenters. The van der Waals surface area contributed by atoms with Crippen molar-refractivity contribution in [3.63, 3.8) is 0 Å². The fraction of sp³-hybridized carbons (Fsp3) is 0.889. The minimum atomic E-state index is 0.284. The molecule has 0 N–H and O–H groups in total. The molecule has 1 aliphatic heterocycles. The van der Waals surface area contributed by atoms with Crippen LogP contribution < -0.4 is 0 Å². The molecule has 1 rings (SSSR count). The van der Waals surface area contributed by atoms with Gasteiger partial charge in [0.15, 0.2) is 5.90 Å². The minimum absolute atomic E-state index is 0.284. The highest BCUT2D eigenvalue weighted by atomic mass is 16.5. The Hall–Kier alpha value is -0.530. The molecule has 1 heterocycles. The van der Waals surface area contributed by atoms with Crippen LogP contribution in [-0.2, 0) is 4.74 Å². The van der Waals surface area contributed by atoms with Crippen LogP contribution in [0.4, 0.5) is 0 Å². The fourth-order valence-corrected chi connectivity index (χ4v) is 1.22. The monoisotopic (exact) mass is 155 g/mol. The highest BCUT2D eigenvalue weighted by Crippen LogP contribution is 2.09. The molecule has 0 amide bonds. The van der Waals surface area contributed by atoms with Crippen LogP contribution in [0.2, 0.25) is 0 Å². The predicted molar refractivity (Wildman–Crippen MR) is 47.0 cm³/mol. The SMILES string of the molecule is CC(C)OC1=NCCCCC1. The van der Waals surface area contributed by atoms with Gasteiger partial charge in [0.05, 0.1) is 6.10 Å². The van der Waals surface area contributed by atoms with Crippen LogP contribution in [-0.4, -0.2) is 18.5 Å². The van der Waals surface area contributed by atoms with Gasteiger partial charge in [-0.25, -0.2) is 0 Å². The minimum Gasteiger partial charge on any atom is -0.478 e. The fourth-order valence-electron chi connectivity index (χ4n) is 1.22. The molecular formula is C9H17NO. The Labute approximate surface area is 68.7 Å². The molecule has 0 spiro atoms. The van der Waals surface area contributed by atoms with Crippen LogP contribution in [0.25, 0.3) is 0 Å². The van der Waals surface area contributed by atoms with Gasteiger partial charge >= 0.3 is 0 Å². The van der Waals surface area contributed by atoms with Crippen molar-refractivity contribution in [2.45, 2.75) is 45.6 Å². The van der Waals surface area contributed by atoms with Gasteiger partial charge in [-0.15, -0.1) is 0 Å². The topological polar surface area (TPSA) is 21.6 Å². The molecule has 11 heavy (non-hydrogen) atoms. The Morgan fingerprint density at radius 2 is 2.09 bits per heavy atom. The van der Waals surface area contributed by atoms with Crippen molar-refractivity contribution in [2.75, 3.05) is 6.54 Å². The lowest BCUT2D eigenvalue weighted by atomic mass is 10.2. The highest BCUT2D eigenvalue weighted by molar-refractivity contribution is 5.76.